The molecule has 5 nitrogen and oxygen atoms in total. The van der Waals surface area contributed by atoms with Gasteiger partial charge >= 0.3 is 0 Å². The van der Waals surface area contributed by atoms with Crippen molar-refractivity contribution in [1.29, 1.82) is 0 Å². The predicted octanol–water partition coefficient (Wildman–Crippen LogP) is 1.60. The van der Waals surface area contributed by atoms with Crippen molar-refractivity contribution in [3.05, 3.63) is 41.2 Å². The molecule has 1 saturated heterocycles. The molecule has 1 aliphatic rings. The van der Waals surface area contributed by atoms with Crippen LogP contribution in [0.15, 0.2) is 18.2 Å². The van der Waals surface area contributed by atoms with Gasteiger partial charge in [0.15, 0.2) is 0 Å². The number of rotatable bonds is 3. The third-order valence-corrected chi connectivity index (χ3v) is 3.63. The Morgan fingerprint density at radius 2 is 2.24 bits per heavy atom. The van der Waals surface area contributed by atoms with Crippen LogP contribution in [0.3, 0.4) is 0 Å². The van der Waals surface area contributed by atoms with E-state index in [1.807, 2.05) is 4.90 Å². The van der Waals surface area contributed by atoms with E-state index in [1.54, 1.807) is 0 Å². The topological polar surface area (TPSA) is 70.8 Å². The smallest absolute Gasteiger partial charge is 0.244 e. The molecule has 112 valence electrons. The van der Waals surface area contributed by atoms with E-state index in [-0.39, 0.29) is 12.5 Å². The molecule has 1 aliphatic heterocycles. The zero-order valence-electron chi connectivity index (χ0n) is 11.5. The maximum atomic E-state index is 13.6. The number of piperidine rings is 1. The van der Waals surface area contributed by atoms with Gasteiger partial charge in [-0.2, -0.15) is 4.98 Å². The van der Waals surface area contributed by atoms with Crippen LogP contribution < -0.4 is 10.6 Å². The van der Waals surface area contributed by atoms with E-state index in [0.29, 0.717) is 17.3 Å². The number of hydrogen-bond acceptors (Lipinski definition) is 4. The highest BCUT2D eigenvalue weighted by Crippen LogP contribution is 2.17. The maximum Gasteiger partial charge on any atom is 0.244 e. The Labute approximate surface area is 121 Å². The average Bonchev–Trinajstić information content (AvgIpc) is 2.91. The van der Waals surface area contributed by atoms with Crippen LogP contribution in [0, 0.1) is 11.6 Å². The van der Waals surface area contributed by atoms with Gasteiger partial charge in [0.1, 0.15) is 17.5 Å². The summed E-state index contributed by atoms with van der Waals surface area (Å²) < 4.78 is 26.5. The van der Waals surface area contributed by atoms with Gasteiger partial charge in [-0.1, -0.05) is 6.07 Å². The van der Waals surface area contributed by atoms with Crippen molar-refractivity contribution < 1.29 is 8.78 Å². The molecule has 3 rings (SSSR count). The van der Waals surface area contributed by atoms with Gasteiger partial charge in [0.2, 0.25) is 5.95 Å². The number of hydrogen-bond donors (Lipinski definition) is 2. The summed E-state index contributed by atoms with van der Waals surface area (Å²) in [7, 11) is 0. The summed E-state index contributed by atoms with van der Waals surface area (Å²) in [5.41, 5.74) is 6.32. The van der Waals surface area contributed by atoms with Crippen LogP contribution in [-0.4, -0.2) is 34.3 Å². The molecule has 1 atom stereocenters. The molecule has 0 saturated carbocycles. The number of H-pyrrole nitrogens is 1. The normalized spacial score (nSPS) is 19.0. The quantitative estimate of drug-likeness (QED) is 0.902. The van der Waals surface area contributed by atoms with E-state index in [1.165, 1.54) is 12.1 Å². The number of nitrogens with zero attached hydrogens (tertiary/aromatic N) is 3. The fourth-order valence-electron chi connectivity index (χ4n) is 2.54. The number of nitrogens with two attached hydrogens (primary N) is 1. The molecule has 21 heavy (non-hydrogen) atoms. The molecular weight excluding hydrogens is 276 g/mol. The molecule has 0 aliphatic carbocycles. The Balaban J connectivity index is 1.72. The Kier molecular flexibility index (Phi) is 3.83. The number of nitrogens with one attached hydrogen (secondary N) is 1. The third kappa shape index (κ3) is 3.18. The summed E-state index contributed by atoms with van der Waals surface area (Å²) >= 11 is 0. The number of aromatic amines is 1. The second-order valence-electron chi connectivity index (χ2n) is 5.34. The number of halogens is 2. The summed E-state index contributed by atoms with van der Waals surface area (Å²) in [6.45, 7) is 1.60. The third-order valence-electron chi connectivity index (χ3n) is 3.63. The largest absolute Gasteiger partial charge is 0.338 e. The van der Waals surface area contributed by atoms with Crippen LogP contribution in [0.5, 0.6) is 0 Å². The molecule has 1 fully saturated rings. The number of aromatic nitrogens is 3. The molecule has 1 aromatic carbocycles. The molecule has 1 unspecified atom stereocenters. The van der Waals surface area contributed by atoms with Gasteiger partial charge in [-0.05, 0) is 24.5 Å². The zero-order valence-corrected chi connectivity index (χ0v) is 11.5. The first-order valence-corrected chi connectivity index (χ1v) is 6.97. The fraction of sp³-hybridized carbons (Fsp3) is 0.429. The highest BCUT2D eigenvalue weighted by Gasteiger charge is 2.20. The fourth-order valence-corrected chi connectivity index (χ4v) is 2.54. The van der Waals surface area contributed by atoms with Crippen LogP contribution in [0.2, 0.25) is 0 Å². The van der Waals surface area contributed by atoms with Crippen LogP contribution in [-0.2, 0) is 6.42 Å². The molecule has 0 bridgehead atoms. The summed E-state index contributed by atoms with van der Waals surface area (Å²) in [5, 5.41) is 6.96. The van der Waals surface area contributed by atoms with Gasteiger partial charge in [0.25, 0.3) is 0 Å². The van der Waals surface area contributed by atoms with Gasteiger partial charge in [0, 0.05) is 31.6 Å². The molecular formula is C14H17F2N5. The molecule has 2 aromatic rings. The van der Waals surface area contributed by atoms with Crippen LogP contribution in [0.4, 0.5) is 14.7 Å². The lowest BCUT2D eigenvalue weighted by Crippen LogP contribution is -2.43. The summed E-state index contributed by atoms with van der Waals surface area (Å²) in [6.07, 6.45) is 2.27. The maximum absolute atomic E-state index is 13.6. The van der Waals surface area contributed by atoms with Crippen LogP contribution >= 0.6 is 0 Å². The van der Waals surface area contributed by atoms with E-state index >= 15 is 0 Å². The van der Waals surface area contributed by atoms with Crippen LogP contribution in [0.1, 0.15) is 24.2 Å². The number of anilines is 1. The van der Waals surface area contributed by atoms with Crippen molar-refractivity contribution in [2.45, 2.75) is 25.3 Å². The van der Waals surface area contributed by atoms with Crippen molar-refractivity contribution in [3.63, 3.8) is 0 Å². The Morgan fingerprint density at radius 1 is 1.38 bits per heavy atom. The van der Waals surface area contributed by atoms with E-state index in [9.17, 15) is 8.78 Å². The highest BCUT2D eigenvalue weighted by molar-refractivity contribution is 5.31. The monoisotopic (exact) mass is 293 g/mol. The van der Waals surface area contributed by atoms with Crippen molar-refractivity contribution in [2.24, 2.45) is 5.73 Å². The van der Waals surface area contributed by atoms with Crippen LogP contribution in [0.25, 0.3) is 0 Å². The molecule has 0 spiro atoms. The molecule has 0 radical (unpaired) electrons. The van der Waals surface area contributed by atoms with E-state index in [0.717, 1.165) is 32.0 Å². The lowest BCUT2D eigenvalue weighted by atomic mass is 10.1. The highest BCUT2D eigenvalue weighted by atomic mass is 19.1. The van der Waals surface area contributed by atoms with E-state index < -0.39 is 11.6 Å². The van der Waals surface area contributed by atoms with Crippen molar-refractivity contribution in [3.8, 4) is 0 Å². The lowest BCUT2D eigenvalue weighted by molar-refractivity contribution is 0.500. The van der Waals surface area contributed by atoms with Gasteiger partial charge in [-0.3, -0.25) is 5.10 Å². The minimum atomic E-state index is -0.586. The molecule has 2 heterocycles. The lowest BCUT2D eigenvalue weighted by Gasteiger charge is -2.29. The second-order valence-corrected chi connectivity index (χ2v) is 5.34. The van der Waals surface area contributed by atoms with Crippen molar-refractivity contribution >= 4 is 5.95 Å². The molecule has 0 amide bonds. The Morgan fingerprint density at radius 3 is 3.00 bits per heavy atom. The van der Waals surface area contributed by atoms with E-state index in [4.69, 9.17) is 5.73 Å². The van der Waals surface area contributed by atoms with Crippen molar-refractivity contribution in [2.75, 3.05) is 18.0 Å². The van der Waals surface area contributed by atoms with E-state index in [2.05, 4.69) is 15.2 Å². The SMILES string of the molecule is NC1CCCN(c2n[nH]c(Cc3ccc(F)cc3F)n2)C1. The molecule has 7 heteroatoms. The molecule has 3 N–H and O–H groups in total. The van der Waals surface area contributed by atoms with Gasteiger partial charge in [0.05, 0.1) is 0 Å². The minimum Gasteiger partial charge on any atom is -0.338 e. The molecule has 1 aromatic heterocycles. The number of benzene rings is 1. The minimum absolute atomic E-state index is 0.134. The standard InChI is InChI=1S/C14H17F2N5/c15-10-4-3-9(12(16)7-10)6-13-18-14(20-19-13)21-5-1-2-11(17)8-21/h3-4,7,11H,1-2,5-6,8,17H2,(H,18,19,20). The Hall–Kier alpha value is -2.02. The first-order valence-electron chi connectivity index (χ1n) is 6.97. The Bertz CT molecular complexity index is 628. The average molecular weight is 293 g/mol. The first-order chi connectivity index (χ1) is 10.1. The van der Waals surface area contributed by atoms with Crippen molar-refractivity contribution in [1.82, 2.24) is 15.2 Å². The summed E-state index contributed by atoms with van der Waals surface area (Å²) in [4.78, 5) is 6.39. The summed E-state index contributed by atoms with van der Waals surface area (Å²) in [5.74, 6) is -0.0259. The summed E-state index contributed by atoms with van der Waals surface area (Å²) in [6, 6.07) is 3.66. The van der Waals surface area contributed by atoms with Gasteiger partial charge in [-0.15, -0.1) is 5.10 Å². The predicted molar refractivity (Wildman–Crippen MR) is 75.0 cm³/mol. The first kappa shape index (κ1) is 13.9. The van der Waals surface area contributed by atoms with Gasteiger partial charge in [-0.25, -0.2) is 8.78 Å². The second kappa shape index (κ2) is 5.77. The zero-order chi connectivity index (χ0) is 14.8. The van der Waals surface area contributed by atoms with Gasteiger partial charge < -0.3 is 10.6 Å².